The van der Waals surface area contributed by atoms with Crippen molar-refractivity contribution >= 4 is 10.0 Å². The third kappa shape index (κ3) is 3.11. The standard InChI is InChI=1S/C19H16FN3O2S/c20-16-7-4-8-17(11-16)26(24,25)23-10-9-18-15(13-23)12-21-19(22-18)14-5-2-1-3-6-14/h1-8,11-12H,9-10,13H2. The number of hydrogen-bond donors (Lipinski definition) is 0. The molecule has 26 heavy (non-hydrogen) atoms. The lowest BCUT2D eigenvalue weighted by atomic mass is 10.1. The second-order valence-corrected chi connectivity index (χ2v) is 8.02. The fourth-order valence-electron chi connectivity index (χ4n) is 3.00. The van der Waals surface area contributed by atoms with Crippen molar-refractivity contribution < 1.29 is 12.8 Å². The van der Waals surface area contributed by atoms with Crippen molar-refractivity contribution in [2.75, 3.05) is 6.54 Å². The lowest BCUT2D eigenvalue weighted by Crippen LogP contribution is -2.36. The molecule has 1 aromatic heterocycles. The maximum absolute atomic E-state index is 13.4. The van der Waals surface area contributed by atoms with E-state index in [1.165, 1.54) is 22.5 Å². The maximum atomic E-state index is 13.4. The van der Waals surface area contributed by atoms with E-state index in [0.717, 1.165) is 22.9 Å². The lowest BCUT2D eigenvalue weighted by Gasteiger charge is -2.27. The van der Waals surface area contributed by atoms with E-state index in [-0.39, 0.29) is 11.4 Å². The van der Waals surface area contributed by atoms with Crippen LogP contribution in [0.2, 0.25) is 0 Å². The Labute approximate surface area is 151 Å². The molecule has 0 amide bonds. The molecule has 7 heteroatoms. The van der Waals surface area contributed by atoms with E-state index in [0.29, 0.717) is 18.8 Å². The molecular weight excluding hydrogens is 353 g/mol. The normalized spacial score (nSPS) is 14.8. The minimum absolute atomic E-state index is 0.0391. The van der Waals surface area contributed by atoms with Crippen LogP contribution >= 0.6 is 0 Å². The van der Waals surface area contributed by atoms with Crippen LogP contribution in [0, 0.1) is 5.82 Å². The molecule has 3 aromatic rings. The van der Waals surface area contributed by atoms with Gasteiger partial charge in [0.05, 0.1) is 10.6 Å². The number of rotatable bonds is 3. The molecule has 0 bridgehead atoms. The van der Waals surface area contributed by atoms with E-state index < -0.39 is 15.8 Å². The summed E-state index contributed by atoms with van der Waals surface area (Å²) in [5.74, 6) is 0.0603. The van der Waals surface area contributed by atoms with E-state index in [1.807, 2.05) is 30.3 Å². The van der Waals surface area contributed by atoms with E-state index in [1.54, 1.807) is 6.20 Å². The molecule has 1 aliphatic heterocycles. The Kier molecular flexibility index (Phi) is 4.26. The summed E-state index contributed by atoms with van der Waals surface area (Å²) < 4.78 is 40.3. The zero-order valence-electron chi connectivity index (χ0n) is 13.8. The highest BCUT2D eigenvalue weighted by molar-refractivity contribution is 7.89. The van der Waals surface area contributed by atoms with Crippen molar-refractivity contribution in [3.05, 3.63) is 77.9 Å². The Balaban J connectivity index is 1.62. The monoisotopic (exact) mass is 369 g/mol. The second kappa shape index (κ2) is 6.59. The number of aromatic nitrogens is 2. The van der Waals surface area contributed by atoms with Gasteiger partial charge >= 0.3 is 0 Å². The number of sulfonamides is 1. The number of nitrogens with zero attached hydrogens (tertiary/aromatic N) is 3. The molecule has 0 atom stereocenters. The highest BCUT2D eigenvalue weighted by Crippen LogP contribution is 2.25. The lowest BCUT2D eigenvalue weighted by molar-refractivity contribution is 0.386. The third-order valence-corrected chi connectivity index (χ3v) is 6.21. The fourth-order valence-corrected chi connectivity index (χ4v) is 4.45. The minimum Gasteiger partial charge on any atom is -0.236 e. The Hall–Kier alpha value is -2.64. The van der Waals surface area contributed by atoms with E-state index >= 15 is 0 Å². The second-order valence-electron chi connectivity index (χ2n) is 6.08. The summed E-state index contributed by atoms with van der Waals surface area (Å²) in [6, 6.07) is 14.7. The fraction of sp³-hybridized carbons (Fsp3) is 0.158. The van der Waals surface area contributed by atoms with Gasteiger partial charge in [-0.25, -0.2) is 22.8 Å². The van der Waals surface area contributed by atoms with Crippen LogP contribution in [0.4, 0.5) is 4.39 Å². The highest BCUT2D eigenvalue weighted by atomic mass is 32.2. The Morgan fingerprint density at radius 3 is 2.62 bits per heavy atom. The van der Waals surface area contributed by atoms with Crippen LogP contribution in [0.15, 0.2) is 65.7 Å². The average molecular weight is 369 g/mol. The molecule has 0 N–H and O–H groups in total. The Bertz CT molecular complexity index is 1060. The molecule has 2 heterocycles. The Morgan fingerprint density at radius 2 is 1.85 bits per heavy atom. The molecule has 4 rings (SSSR count). The summed E-state index contributed by atoms with van der Waals surface area (Å²) in [5, 5.41) is 0. The molecule has 0 saturated heterocycles. The van der Waals surface area contributed by atoms with Crippen LogP contribution in [0.5, 0.6) is 0 Å². The largest absolute Gasteiger partial charge is 0.243 e. The van der Waals surface area contributed by atoms with Crippen LogP contribution in [-0.2, 0) is 23.0 Å². The molecule has 0 saturated carbocycles. The summed E-state index contributed by atoms with van der Waals surface area (Å²) in [6.07, 6.45) is 2.17. The van der Waals surface area contributed by atoms with Gasteiger partial charge in [-0.05, 0) is 18.2 Å². The van der Waals surface area contributed by atoms with Crippen molar-refractivity contribution in [2.24, 2.45) is 0 Å². The predicted molar refractivity (Wildman–Crippen MR) is 95.2 cm³/mol. The molecule has 0 fully saturated rings. The topological polar surface area (TPSA) is 63.2 Å². The van der Waals surface area contributed by atoms with Crippen molar-refractivity contribution in [2.45, 2.75) is 17.9 Å². The Morgan fingerprint density at radius 1 is 1.04 bits per heavy atom. The molecule has 0 unspecified atom stereocenters. The quantitative estimate of drug-likeness (QED) is 0.712. The number of fused-ring (bicyclic) bond motifs is 1. The van der Waals surface area contributed by atoms with Gasteiger partial charge in [0.15, 0.2) is 5.82 Å². The number of benzene rings is 2. The van der Waals surface area contributed by atoms with Gasteiger partial charge in [-0.1, -0.05) is 36.4 Å². The predicted octanol–water partition coefficient (Wildman–Crippen LogP) is 3.03. The summed E-state index contributed by atoms with van der Waals surface area (Å²) in [5.41, 5.74) is 2.55. The van der Waals surface area contributed by atoms with Crippen LogP contribution in [0.3, 0.4) is 0 Å². The zero-order valence-corrected chi connectivity index (χ0v) is 14.7. The summed E-state index contributed by atoms with van der Waals surface area (Å²) >= 11 is 0. The van der Waals surface area contributed by atoms with Gasteiger partial charge in [0.1, 0.15) is 5.82 Å². The first-order valence-electron chi connectivity index (χ1n) is 8.20. The molecule has 5 nitrogen and oxygen atoms in total. The first-order chi connectivity index (χ1) is 12.5. The van der Waals surface area contributed by atoms with E-state index in [2.05, 4.69) is 9.97 Å². The summed E-state index contributed by atoms with van der Waals surface area (Å²) in [4.78, 5) is 8.93. The molecule has 0 radical (unpaired) electrons. The van der Waals surface area contributed by atoms with Crippen LogP contribution < -0.4 is 0 Å². The number of hydrogen-bond acceptors (Lipinski definition) is 4. The van der Waals surface area contributed by atoms with Gasteiger partial charge in [-0.15, -0.1) is 0 Å². The van der Waals surface area contributed by atoms with Crippen molar-refractivity contribution in [3.63, 3.8) is 0 Å². The van der Waals surface area contributed by atoms with Crippen LogP contribution in [0.25, 0.3) is 11.4 Å². The summed E-state index contributed by atoms with van der Waals surface area (Å²) in [7, 11) is -3.75. The SMILES string of the molecule is O=S(=O)(c1cccc(F)c1)N1CCc2nc(-c3ccccc3)ncc2C1. The number of halogens is 1. The van der Waals surface area contributed by atoms with Gasteiger partial charge < -0.3 is 0 Å². The summed E-state index contributed by atoms with van der Waals surface area (Å²) in [6.45, 7) is 0.486. The van der Waals surface area contributed by atoms with Crippen molar-refractivity contribution in [1.29, 1.82) is 0 Å². The van der Waals surface area contributed by atoms with Gasteiger partial charge in [0, 0.05) is 36.8 Å². The molecule has 0 aliphatic carbocycles. The van der Waals surface area contributed by atoms with Gasteiger partial charge in [0.2, 0.25) is 10.0 Å². The molecule has 132 valence electrons. The molecule has 1 aliphatic rings. The minimum atomic E-state index is -3.75. The maximum Gasteiger partial charge on any atom is 0.243 e. The van der Waals surface area contributed by atoms with Gasteiger partial charge in [-0.2, -0.15) is 4.31 Å². The third-order valence-electron chi connectivity index (χ3n) is 4.36. The first-order valence-corrected chi connectivity index (χ1v) is 9.64. The van der Waals surface area contributed by atoms with Crippen molar-refractivity contribution in [1.82, 2.24) is 14.3 Å². The van der Waals surface area contributed by atoms with Gasteiger partial charge in [-0.3, -0.25) is 0 Å². The van der Waals surface area contributed by atoms with Crippen LogP contribution in [-0.4, -0.2) is 29.2 Å². The molecule has 2 aromatic carbocycles. The molecule has 0 spiro atoms. The molecular formula is C19H16FN3O2S. The van der Waals surface area contributed by atoms with Gasteiger partial charge in [0.25, 0.3) is 0 Å². The average Bonchev–Trinajstić information content (AvgIpc) is 2.68. The first kappa shape index (κ1) is 16.8. The highest BCUT2D eigenvalue weighted by Gasteiger charge is 2.29. The van der Waals surface area contributed by atoms with E-state index in [9.17, 15) is 12.8 Å². The zero-order chi connectivity index (χ0) is 18.1. The smallest absolute Gasteiger partial charge is 0.236 e. The van der Waals surface area contributed by atoms with E-state index in [4.69, 9.17) is 0 Å². The van der Waals surface area contributed by atoms with Crippen molar-refractivity contribution in [3.8, 4) is 11.4 Å². The van der Waals surface area contributed by atoms with Crippen LogP contribution in [0.1, 0.15) is 11.3 Å².